The third-order valence-corrected chi connectivity index (χ3v) is 8.82. The van der Waals surface area contributed by atoms with Gasteiger partial charge in [-0.3, -0.25) is 9.59 Å². The predicted octanol–water partition coefficient (Wildman–Crippen LogP) is 1.99. The van der Waals surface area contributed by atoms with Crippen LogP contribution in [0.15, 0.2) is 0 Å². The minimum Gasteiger partial charge on any atom is -0.481 e. The Morgan fingerprint density at radius 2 is 2.00 bits per heavy atom. The Morgan fingerprint density at radius 3 is 2.37 bits per heavy atom. The fourth-order valence-corrected chi connectivity index (χ4v) is 3.51. The molecule has 6 heteroatoms. The second kappa shape index (κ2) is 5.24. The highest BCUT2D eigenvalue weighted by Crippen LogP contribution is 2.39. The van der Waals surface area contributed by atoms with Gasteiger partial charge in [0.2, 0.25) is 5.91 Å². The fourth-order valence-electron chi connectivity index (χ4n) is 2.08. The number of hydrogen-bond donors (Lipinski definition) is 2. The summed E-state index contributed by atoms with van der Waals surface area (Å²) in [5, 5.41) is 11.5. The molecule has 5 nitrogen and oxygen atoms in total. The Kier molecular flexibility index (Phi) is 4.46. The van der Waals surface area contributed by atoms with Gasteiger partial charge in [-0.15, -0.1) is 0 Å². The molecule has 0 saturated carbocycles. The van der Waals surface area contributed by atoms with E-state index in [9.17, 15) is 9.59 Å². The van der Waals surface area contributed by atoms with E-state index in [2.05, 4.69) is 39.2 Å². The Hall–Kier alpha value is -0.883. The van der Waals surface area contributed by atoms with Crippen molar-refractivity contribution in [2.45, 2.75) is 64.4 Å². The zero-order chi connectivity index (χ0) is 15.0. The highest BCUT2D eigenvalue weighted by atomic mass is 28.4. The van der Waals surface area contributed by atoms with Crippen LogP contribution in [0.25, 0.3) is 0 Å². The maximum absolute atomic E-state index is 11.6. The summed E-state index contributed by atoms with van der Waals surface area (Å²) in [6, 6.07) is -0.301. The molecule has 0 aromatic rings. The van der Waals surface area contributed by atoms with Gasteiger partial charge in [0, 0.05) is 0 Å². The molecule has 110 valence electrons. The molecule has 1 saturated heterocycles. The molecule has 1 amide bonds. The Labute approximate surface area is 115 Å². The second-order valence-corrected chi connectivity index (χ2v) is 11.6. The molecule has 1 heterocycles. The summed E-state index contributed by atoms with van der Waals surface area (Å²) >= 11 is 0. The summed E-state index contributed by atoms with van der Waals surface area (Å²) in [4.78, 5) is 22.4. The Morgan fingerprint density at radius 1 is 1.47 bits per heavy atom. The minimum atomic E-state index is -1.94. The van der Waals surface area contributed by atoms with Crippen LogP contribution in [-0.2, 0) is 14.0 Å². The first kappa shape index (κ1) is 16.2. The lowest BCUT2D eigenvalue weighted by molar-refractivity contribution is -0.145. The van der Waals surface area contributed by atoms with E-state index < -0.39 is 14.3 Å². The molecule has 0 aromatic carbocycles. The smallest absolute Gasteiger partial charge is 0.305 e. The van der Waals surface area contributed by atoms with Gasteiger partial charge in [0.1, 0.15) is 0 Å². The van der Waals surface area contributed by atoms with E-state index in [4.69, 9.17) is 9.53 Å². The summed E-state index contributed by atoms with van der Waals surface area (Å²) in [7, 11) is -1.94. The summed E-state index contributed by atoms with van der Waals surface area (Å²) in [5.41, 5.74) is 0. The molecule has 1 fully saturated rings. The van der Waals surface area contributed by atoms with E-state index in [-0.39, 0.29) is 35.4 Å². The number of aliphatic carboxylic acids is 1. The molecule has 0 aromatic heterocycles. The third-order valence-electron chi connectivity index (χ3n) is 4.25. The number of carboxylic acids is 1. The summed E-state index contributed by atoms with van der Waals surface area (Å²) in [6.45, 7) is 12.6. The van der Waals surface area contributed by atoms with Crippen LogP contribution in [0.5, 0.6) is 0 Å². The molecule has 0 radical (unpaired) electrons. The SMILES string of the molecule is C[C@@H](O[Si](C)(C)C(C)(C)C)C1C(=O)NC1CC(=O)O. The van der Waals surface area contributed by atoms with E-state index in [1.165, 1.54) is 0 Å². The lowest BCUT2D eigenvalue weighted by Gasteiger charge is -2.45. The van der Waals surface area contributed by atoms with Crippen LogP contribution < -0.4 is 5.32 Å². The average molecular weight is 287 g/mol. The lowest BCUT2D eigenvalue weighted by Crippen LogP contribution is -2.64. The van der Waals surface area contributed by atoms with Crippen LogP contribution in [0.4, 0.5) is 0 Å². The largest absolute Gasteiger partial charge is 0.481 e. The van der Waals surface area contributed by atoms with Crippen LogP contribution in [0.2, 0.25) is 18.1 Å². The van der Waals surface area contributed by atoms with Crippen LogP contribution in [0.1, 0.15) is 34.1 Å². The number of β-lactam (4-membered cyclic amide) rings is 1. The number of carbonyl (C=O) groups is 2. The van der Waals surface area contributed by atoms with E-state index in [0.29, 0.717) is 0 Å². The molecular weight excluding hydrogens is 262 g/mol. The number of amides is 1. The summed E-state index contributed by atoms with van der Waals surface area (Å²) in [5.74, 6) is -1.34. The lowest BCUT2D eigenvalue weighted by atomic mass is 9.84. The van der Waals surface area contributed by atoms with Crippen molar-refractivity contribution in [1.82, 2.24) is 5.32 Å². The minimum absolute atomic E-state index is 0.0401. The fraction of sp³-hybridized carbons (Fsp3) is 0.846. The Balaban J connectivity index is 2.69. The van der Waals surface area contributed by atoms with Crippen molar-refractivity contribution in [1.29, 1.82) is 0 Å². The van der Waals surface area contributed by atoms with Gasteiger partial charge >= 0.3 is 5.97 Å². The number of nitrogens with one attached hydrogen (secondary N) is 1. The number of hydrogen-bond acceptors (Lipinski definition) is 3. The maximum Gasteiger partial charge on any atom is 0.305 e. The number of carbonyl (C=O) groups excluding carboxylic acids is 1. The first-order chi connectivity index (χ1) is 8.45. The Bertz CT molecular complexity index is 375. The normalized spacial score (nSPS) is 25.5. The topological polar surface area (TPSA) is 75.6 Å². The van der Waals surface area contributed by atoms with Crippen molar-refractivity contribution >= 4 is 20.2 Å². The van der Waals surface area contributed by atoms with E-state index in [1.807, 2.05) is 6.92 Å². The van der Waals surface area contributed by atoms with Crippen molar-refractivity contribution < 1.29 is 19.1 Å². The summed E-state index contributed by atoms with van der Waals surface area (Å²) < 4.78 is 6.17. The third kappa shape index (κ3) is 3.57. The van der Waals surface area contributed by atoms with Gasteiger partial charge in [-0.05, 0) is 25.1 Å². The standard InChI is InChI=1S/C13H25NO4Si/c1-8(18-19(5,6)13(2,3)4)11-9(7-10(15)16)14-12(11)17/h8-9,11H,7H2,1-6H3,(H,14,17)(H,15,16)/t8-,9?,11?/m1/s1. The van der Waals surface area contributed by atoms with Gasteiger partial charge < -0.3 is 14.8 Å². The van der Waals surface area contributed by atoms with Gasteiger partial charge in [-0.1, -0.05) is 20.8 Å². The maximum atomic E-state index is 11.6. The van der Waals surface area contributed by atoms with E-state index in [1.54, 1.807) is 0 Å². The molecule has 0 aliphatic carbocycles. The average Bonchev–Trinajstić information content (AvgIpc) is 2.12. The molecule has 0 spiro atoms. The van der Waals surface area contributed by atoms with Crippen LogP contribution >= 0.6 is 0 Å². The van der Waals surface area contributed by atoms with E-state index in [0.717, 1.165) is 0 Å². The van der Waals surface area contributed by atoms with Crippen molar-refractivity contribution in [2.75, 3.05) is 0 Å². The van der Waals surface area contributed by atoms with Gasteiger partial charge in [0.15, 0.2) is 8.32 Å². The molecule has 3 atom stereocenters. The molecule has 2 unspecified atom stereocenters. The van der Waals surface area contributed by atoms with Crippen molar-refractivity contribution in [3.05, 3.63) is 0 Å². The summed E-state index contributed by atoms with van der Waals surface area (Å²) in [6.07, 6.45) is -0.277. The van der Waals surface area contributed by atoms with Crippen LogP contribution in [-0.4, -0.2) is 37.4 Å². The quantitative estimate of drug-likeness (QED) is 0.599. The van der Waals surface area contributed by atoms with Gasteiger partial charge in [0.25, 0.3) is 0 Å². The van der Waals surface area contributed by atoms with Crippen LogP contribution in [0.3, 0.4) is 0 Å². The van der Waals surface area contributed by atoms with Crippen molar-refractivity contribution in [3.63, 3.8) is 0 Å². The van der Waals surface area contributed by atoms with Gasteiger partial charge in [-0.2, -0.15) is 0 Å². The van der Waals surface area contributed by atoms with Crippen molar-refractivity contribution in [2.24, 2.45) is 5.92 Å². The first-order valence-corrected chi connectivity index (χ1v) is 9.56. The van der Waals surface area contributed by atoms with E-state index >= 15 is 0 Å². The molecular formula is C13H25NO4Si. The predicted molar refractivity (Wildman–Crippen MR) is 75.4 cm³/mol. The molecule has 2 N–H and O–H groups in total. The monoisotopic (exact) mass is 287 g/mol. The van der Waals surface area contributed by atoms with Crippen molar-refractivity contribution in [3.8, 4) is 0 Å². The molecule has 0 bridgehead atoms. The highest BCUT2D eigenvalue weighted by molar-refractivity contribution is 6.74. The van der Waals surface area contributed by atoms with Gasteiger partial charge in [-0.25, -0.2) is 0 Å². The number of carboxylic acid groups (broad SMARTS) is 1. The zero-order valence-electron chi connectivity index (χ0n) is 12.6. The highest BCUT2D eigenvalue weighted by Gasteiger charge is 2.47. The van der Waals surface area contributed by atoms with Gasteiger partial charge in [0.05, 0.1) is 24.5 Å². The molecule has 1 aliphatic heterocycles. The zero-order valence-corrected chi connectivity index (χ0v) is 13.6. The molecule has 19 heavy (non-hydrogen) atoms. The molecule has 1 aliphatic rings. The second-order valence-electron chi connectivity index (χ2n) is 6.82. The molecule has 1 rings (SSSR count). The number of rotatable bonds is 5. The van der Waals surface area contributed by atoms with Crippen LogP contribution in [0, 0.1) is 5.92 Å². The first-order valence-electron chi connectivity index (χ1n) is 6.65.